The van der Waals surface area contributed by atoms with Crippen molar-refractivity contribution < 1.29 is 4.74 Å². The molecule has 2 unspecified atom stereocenters. The Morgan fingerprint density at radius 3 is 2.41 bits per heavy atom. The van der Waals surface area contributed by atoms with Crippen molar-refractivity contribution in [1.29, 1.82) is 0 Å². The average molecular weight is 233 g/mol. The fourth-order valence-electron chi connectivity index (χ4n) is 2.47. The number of hydrogen-bond acceptors (Lipinski definition) is 2. The molecule has 1 aromatic carbocycles. The number of hydrogen-bond donors (Lipinski definition) is 1. The van der Waals surface area contributed by atoms with Crippen LogP contribution in [0.15, 0.2) is 24.3 Å². The maximum atomic E-state index is 5.97. The van der Waals surface area contributed by atoms with Crippen LogP contribution in [0.4, 0.5) is 0 Å². The smallest absolute Gasteiger partial charge is 0.0591 e. The second-order valence-corrected chi connectivity index (χ2v) is 5.06. The third kappa shape index (κ3) is 3.83. The van der Waals surface area contributed by atoms with E-state index in [0.717, 1.165) is 25.8 Å². The maximum absolute atomic E-state index is 5.97. The van der Waals surface area contributed by atoms with Crippen molar-refractivity contribution in [3.63, 3.8) is 0 Å². The molecule has 1 fully saturated rings. The van der Waals surface area contributed by atoms with Gasteiger partial charge in [0, 0.05) is 0 Å². The highest BCUT2D eigenvalue weighted by atomic mass is 16.5. The first-order valence-corrected chi connectivity index (χ1v) is 6.69. The van der Waals surface area contributed by atoms with Crippen LogP contribution in [0.25, 0.3) is 0 Å². The van der Waals surface area contributed by atoms with Gasteiger partial charge < -0.3 is 10.5 Å². The van der Waals surface area contributed by atoms with E-state index >= 15 is 0 Å². The van der Waals surface area contributed by atoms with Crippen molar-refractivity contribution in [2.24, 2.45) is 5.73 Å². The monoisotopic (exact) mass is 233 g/mol. The lowest BCUT2D eigenvalue weighted by Crippen LogP contribution is -2.15. The van der Waals surface area contributed by atoms with E-state index in [-0.39, 0.29) is 0 Å². The average Bonchev–Trinajstić information content (AvgIpc) is 2.77. The zero-order valence-electron chi connectivity index (χ0n) is 10.7. The Labute approximate surface area is 104 Å². The molecule has 2 heteroatoms. The van der Waals surface area contributed by atoms with Crippen LogP contribution in [0.2, 0.25) is 0 Å². The predicted octanol–water partition coefficient (Wildman–Crippen LogP) is 2.82. The summed E-state index contributed by atoms with van der Waals surface area (Å²) >= 11 is 0. The minimum atomic E-state index is 0.419. The number of aryl methyl sites for hydroxylation is 2. The molecule has 2 N–H and O–H groups in total. The molecule has 1 saturated heterocycles. The molecule has 0 spiro atoms. The summed E-state index contributed by atoms with van der Waals surface area (Å²) in [7, 11) is 0. The molecule has 0 aromatic heterocycles. The van der Waals surface area contributed by atoms with Gasteiger partial charge in [0.25, 0.3) is 0 Å². The predicted molar refractivity (Wildman–Crippen MR) is 71.1 cm³/mol. The topological polar surface area (TPSA) is 35.2 Å². The largest absolute Gasteiger partial charge is 0.375 e. The summed E-state index contributed by atoms with van der Waals surface area (Å²) in [4.78, 5) is 0. The second-order valence-electron chi connectivity index (χ2n) is 5.06. The maximum Gasteiger partial charge on any atom is 0.0591 e. The van der Waals surface area contributed by atoms with Gasteiger partial charge in [-0.15, -0.1) is 0 Å². The van der Waals surface area contributed by atoms with Crippen molar-refractivity contribution in [3.8, 4) is 0 Å². The molecule has 2 rings (SSSR count). The van der Waals surface area contributed by atoms with Crippen molar-refractivity contribution in [3.05, 3.63) is 35.4 Å². The molecular formula is C15H23NO. The first kappa shape index (κ1) is 12.6. The standard InChI is InChI=1S/C15H23NO/c1-12-2-4-13(5-3-12)6-7-14-8-9-15(17-14)10-11-16/h2-5,14-15H,6-11,16H2,1H3. The molecule has 1 aliphatic heterocycles. The van der Waals surface area contributed by atoms with Crippen molar-refractivity contribution in [2.45, 2.75) is 51.2 Å². The van der Waals surface area contributed by atoms with Crippen LogP contribution < -0.4 is 5.73 Å². The van der Waals surface area contributed by atoms with Crippen molar-refractivity contribution in [2.75, 3.05) is 6.54 Å². The van der Waals surface area contributed by atoms with E-state index in [1.165, 1.54) is 24.0 Å². The summed E-state index contributed by atoms with van der Waals surface area (Å²) < 4.78 is 5.97. The minimum Gasteiger partial charge on any atom is -0.375 e. The van der Waals surface area contributed by atoms with Gasteiger partial charge in [0.15, 0.2) is 0 Å². The van der Waals surface area contributed by atoms with Crippen LogP contribution in [0.1, 0.15) is 36.8 Å². The Kier molecular flexibility index (Phi) is 4.57. The van der Waals surface area contributed by atoms with Crippen LogP contribution in [0.3, 0.4) is 0 Å². The zero-order valence-corrected chi connectivity index (χ0v) is 10.7. The summed E-state index contributed by atoms with van der Waals surface area (Å²) in [5.41, 5.74) is 8.30. The van der Waals surface area contributed by atoms with Crippen LogP contribution in [-0.2, 0) is 11.2 Å². The third-order valence-corrected chi connectivity index (χ3v) is 3.56. The SMILES string of the molecule is Cc1ccc(CCC2CCC(CCN)O2)cc1. The summed E-state index contributed by atoms with van der Waals surface area (Å²) in [6.07, 6.45) is 6.55. The molecule has 94 valence electrons. The Balaban J connectivity index is 1.74. The number of ether oxygens (including phenoxy) is 1. The molecule has 2 nitrogen and oxygen atoms in total. The number of rotatable bonds is 5. The van der Waals surface area contributed by atoms with E-state index in [4.69, 9.17) is 10.5 Å². The zero-order chi connectivity index (χ0) is 12.1. The van der Waals surface area contributed by atoms with Crippen LogP contribution >= 0.6 is 0 Å². The van der Waals surface area contributed by atoms with E-state index in [9.17, 15) is 0 Å². The summed E-state index contributed by atoms with van der Waals surface area (Å²) in [6.45, 7) is 2.87. The van der Waals surface area contributed by atoms with E-state index in [2.05, 4.69) is 31.2 Å². The van der Waals surface area contributed by atoms with Gasteiger partial charge in [0.2, 0.25) is 0 Å². The molecule has 2 atom stereocenters. The molecule has 0 saturated carbocycles. The molecule has 1 aromatic rings. The van der Waals surface area contributed by atoms with Crippen LogP contribution in [0.5, 0.6) is 0 Å². The highest BCUT2D eigenvalue weighted by Gasteiger charge is 2.23. The first-order valence-electron chi connectivity index (χ1n) is 6.69. The molecule has 1 heterocycles. The van der Waals surface area contributed by atoms with Crippen LogP contribution in [-0.4, -0.2) is 18.8 Å². The van der Waals surface area contributed by atoms with Gasteiger partial charge >= 0.3 is 0 Å². The van der Waals surface area contributed by atoms with Crippen molar-refractivity contribution >= 4 is 0 Å². The molecular weight excluding hydrogens is 210 g/mol. The fraction of sp³-hybridized carbons (Fsp3) is 0.600. The van der Waals surface area contributed by atoms with Gasteiger partial charge in [-0.05, 0) is 51.1 Å². The molecule has 0 bridgehead atoms. The minimum absolute atomic E-state index is 0.419. The van der Waals surface area contributed by atoms with Gasteiger partial charge in [0.1, 0.15) is 0 Å². The van der Waals surface area contributed by atoms with Crippen LogP contribution in [0, 0.1) is 6.92 Å². The normalized spacial score (nSPS) is 24.1. The molecule has 0 aliphatic carbocycles. The van der Waals surface area contributed by atoms with E-state index in [1.54, 1.807) is 0 Å². The third-order valence-electron chi connectivity index (χ3n) is 3.56. The molecule has 0 amide bonds. The molecule has 1 aliphatic rings. The van der Waals surface area contributed by atoms with E-state index in [0.29, 0.717) is 12.2 Å². The Morgan fingerprint density at radius 1 is 1.12 bits per heavy atom. The number of nitrogens with two attached hydrogens (primary N) is 1. The van der Waals surface area contributed by atoms with E-state index in [1.807, 2.05) is 0 Å². The lowest BCUT2D eigenvalue weighted by atomic mass is 10.0. The highest BCUT2D eigenvalue weighted by molar-refractivity contribution is 5.21. The van der Waals surface area contributed by atoms with Gasteiger partial charge in [-0.2, -0.15) is 0 Å². The Hall–Kier alpha value is -0.860. The van der Waals surface area contributed by atoms with Gasteiger partial charge in [-0.1, -0.05) is 29.8 Å². The van der Waals surface area contributed by atoms with E-state index < -0.39 is 0 Å². The van der Waals surface area contributed by atoms with Gasteiger partial charge in [0.05, 0.1) is 12.2 Å². The van der Waals surface area contributed by atoms with Gasteiger partial charge in [-0.25, -0.2) is 0 Å². The lowest BCUT2D eigenvalue weighted by Gasteiger charge is -2.13. The van der Waals surface area contributed by atoms with Gasteiger partial charge in [-0.3, -0.25) is 0 Å². The first-order chi connectivity index (χ1) is 8.28. The summed E-state index contributed by atoms with van der Waals surface area (Å²) in [5, 5.41) is 0. The van der Waals surface area contributed by atoms with Crippen molar-refractivity contribution in [1.82, 2.24) is 0 Å². The molecule has 0 radical (unpaired) electrons. The quantitative estimate of drug-likeness (QED) is 0.848. The highest BCUT2D eigenvalue weighted by Crippen LogP contribution is 2.25. The Morgan fingerprint density at radius 2 is 1.76 bits per heavy atom. The molecule has 17 heavy (non-hydrogen) atoms. The fourth-order valence-corrected chi connectivity index (χ4v) is 2.47. The summed E-state index contributed by atoms with van der Waals surface area (Å²) in [5.74, 6) is 0. The number of benzene rings is 1. The Bertz CT molecular complexity index is 333. The second kappa shape index (κ2) is 6.18. The summed E-state index contributed by atoms with van der Waals surface area (Å²) in [6, 6.07) is 8.81. The lowest BCUT2D eigenvalue weighted by molar-refractivity contribution is 0.0378.